The van der Waals surface area contributed by atoms with Crippen LogP contribution in [0.15, 0.2) is 73.1 Å². The van der Waals surface area contributed by atoms with Crippen molar-refractivity contribution in [3.05, 3.63) is 89.7 Å². The molecule has 0 amide bonds. The average Bonchev–Trinajstić information content (AvgIpc) is 2.59. The van der Waals surface area contributed by atoms with E-state index in [4.69, 9.17) is 0 Å². The second-order valence-corrected chi connectivity index (χ2v) is 5.29. The van der Waals surface area contributed by atoms with Gasteiger partial charge in [0.1, 0.15) is 11.5 Å². The lowest BCUT2D eigenvalue weighted by Crippen LogP contribution is -2.22. The van der Waals surface area contributed by atoms with Crippen LogP contribution >= 0.6 is 0 Å². The van der Waals surface area contributed by atoms with E-state index in [2.05, 4.69) is 10.3 Å². The Labute approximate surface area is 135 Å². The molecule has 0 saturated carbocycles. The van der Waals surface area contributed by atoms with E-state index in [0.717, 1.165) is 16.7 Å². The van der Waals surface area contributed by atoms with E-state index >= 15 is 0 Å². The molecule has 1 aromatic heterocycles. The van der Waals surface area contributed by atoms with Crippen molar-refractivity contribution in [2.24, 2.45) is 0 Å². The Kier molecular flexibility index (Phi) is 4.54. The topological polar surface area (TPSA) is 65.4 Å². The average molecular weight is 306 g/mol. The van der Waals surface area contributed by atoms with Gasteiger partial charge in [0.15, 0.2) is 0 Å². The number of phenols is 2. The first-order valence-electron chi connectivity index (χ1n) is 7.44. The van der Waals surface area contributed by atoms with Gasteiger partial charge in [-0.25, -0.2) is 0 Å². The number of rotatable bonds is 5. The molecule has 0 radical (unpaired) electrons. The Balaban J connectivity index is 1.94. The highest BCUT2D eigenvalue weighted by Crippen LogP contribution is 2.33. The molecular weight excluding hydrogens is 288 g/mol. The minimum absolute atomic E-state index is 0.197. The Bertz CT molecular complexity index is 730. The maximum Gasteiger partial charge on any atom is 0.120 e. The number of nitrogens with zero attached hydrogens (tertiary/aromatic N) is 1. The van der Waals surface area contributed by atoms with Crippen LogP contribution in [0.4, 0.5) is 0 Å². The zero-order chi connectivity index (χ0) is 16.1. The molecule has 0 fully saturated rings. The number of para-hydroxylation sites is 2. The van der Waals surface area contributed by atoms with Crippen molar-refractivity contribution in [3.63, 3.8) is 0 Å². The van der Waals surface area contributed by atoms with Crippen molar-refractivity contribution in [3.8, 4) is 11.5 Å². The van der Waals surface area contributed by atoms with Crippen molar-refractivity contribution < 1.29 is 10.2 Å². The Hall–Kier alpha value is -2.85. The summed E-state index contributed by atoms with van der Waals surface area (Å²) < 4.78 is 0. The van der Waals surface area contributed by atoms with Crippen molar-refractivity contribution >= 4 is 0 Å². The molecule has 0 atom stereocenters. The molecule has 0 aliphatic carbocycles. The van der Waals surface area contributed by atoms with Crippen molar-refractivity contribution in [1.82, 2.24) is 10.3 Å². The molecule has 3 rings (SSSR count). The van der Waals surface area contributed by atoms with E-state index in [-0.39, 0.29) is 17.5 Å². The summed E-state index contributed by atoms with van der Waals surface area (Å²) in [5.74, 6) is 0.394. The first-order valence-corrected chi connectivity index (χ1v) is 7.44. The Morgan fingerprint density at radius 1 is 0.783 bits per heavy atom. The molecule has 0 saturated heterocycles. The number of aromatic hydroxyl groups is 2. The monoisotopic (exact) mass is 306 g/mol. The van der Waals surface area contributed by atoms with Gasteiger partial charge >= 0.3 is 0 Å². The lowest BCUT2D eigenvalue weighted by molar-refractivity contribution is 0.441. The summed E-state index contributed by atoms with van der Waals surface area (Å²) >= 11 is 0. The van der Waals surface area contributed by atoms with Gasteiger partial charge in [-0.3, -0.25) is 4.98 Å². The number of phenolic OH excluding ortho intramolecular Hbond substituents is 2. The highest BCUT2D eigenvalue weighted by atomic mass is 16.3. The van der Waals surface area contributed by atoms with Crippen LogP contribution in [0.1, 0.15) is 22.7 Å². The number of nitrogens with one attached hydrogen (secondary N) is 1. The number of pyridine rings is 1. The molecule has 23 heavy (non-hydrogen) atoms. The van der Waals surface area contributed by atoms with Gasteiger partial charge < -0.3 is 15.5 Å². The standard InChI is InChI=1S/C19H18N2O2/c22-17-7-3-1-5-15(17)19(16-6-2-4-8-18(16)23)21-13-14-9-11-20-12-10-14/h1-12,19,21-23H,13H2. The normalized spacial score (nSPS) is 10.8. The summed E-state index contributed by atoms with van der Waals surface area (Å²) in [7, 11) is 0. The molecule has 0 aliphatic heterocycles. The predicted molar refractivity (Wildman–Crippen MR) is 89.1 cm³/mol. The molecular formula is C19H18N2O2. The van der Waals surface area contributed by atoms with Crippen LogP contribution in [0.2, 0.25) is 0 Å². The third-order valence-electron chi connectivity index (χ3n) is 3.76. The number of hydrogen-bond acceptors (Lipinski definition) is 4. The first-order chi connectivity index (χ1) is 11.3. The van der Waals surface area contributed by atoms with E-state index in [9.17, 15) is 10.2 Å². The van der Waals surface area contributed by atoms with E-state index < -0.39 is 0 Å². The van der Waals surface area contributed by atoms with Crippen LogP contribution in [0.3, 0.4) is 0 Å². The van der Waals surface area contributed by atoms with Gasteiger partial charge in [-0.05, 0) is 29.8 Å². The molecule has 0 unspecified atom stereocenters. The largest absolute Gasteiger partial charge is 0.508 e. The van der Waals surface area contributed by atoms with E-state index in [1.807, 2.05) is 36.4 Å². The van der Waals surface area contributed by atoms with Gasteiger partial charge in [0, 0.05) is 30.1 Å². The molecule has 0 aliphatic rings. The molecule has 4 heteroatoms. The van der Waals surface area contributed by atoms with Crippen molar-refractivity contribution in [1.29, 1.82) is 0 Å². The zero-order valence-corrected chi connectivity index (χ0v) is 12.6. The quantitative estimate of drug-likeness (QED) is 0.676. The molecule has 1 heterocycles. The highest BCUT2D eigenvalue weighted by molar-refractivity contribution is 5.45. The van der Waals surface area contributed by atoms with Gasteiger partial charge in [0.2, 0.25) is 0 Å². The lowest BCUT2D eigenvalue weighted by Gasteiger charge is -2.21. The summed E-state index contributed by atoms with van der Waals surface area (Å²) in [6, 6.07) is 17.9. The molecule has 116 valence electrons. The maximum absolute atomic E-state index is 10.2. The summed E-state index contributed by atoms with van der Waals surface area (Å²) in [6.45, 7) is 0.593. The summed E-state index contributed by atoms with van der Waals surface area (Å²) in [4.78, 5) is 4.01. The third-order valence-corrected chi connectivity index (χ3v) is 3.76. The fraction of sp³-hybridized carbons (Fsp3) is 0.105. The lowest BCUT2D eigenvalue weighted by atomic mass is 9.96. The smallest absolute Gasteiger partial charge is 0.120 e. The second-order valence-electron chi connectivity index (χ2n) is 5.29. The molecule has 3 N–H and O–H groups in total. The van der Waals surface area contributed by atoms with Crippen LogP contribution in [-0.4, -0.2) is 15.2 Å². The summed E-state index contributed by atoms with van der Waals surface area (Å²) in [5.41, 5.74) is 2.53. The summed E-state index contributed by atoms with van der Waals surface area (Å²) in [6.07, 6.45) is 3.48. The van der Waals surface area contributed by atoms with E-state index in [0.29, 0.717) is 6.54 Å². The number of aromatic nitrogens is 1. The van der Waals surface area contributed by atoms with Crippen LogP contribution in [0.25, 0.3) is 0 Å². The molecule has 0 bridgehead atoms. The van der Waals surface area contributed by atoms with Gasteiger partial charge in [-0.2, -0.15) is 0 Å². The third kappa shape index (κ3) is 3.49. The van der Waals surface area contributed by atoms with Crippen LogP contribution in [-0.2, 0) is 6.54 Å². The molecule has 4 nitrogen and oxygen atoms in total. The summed E-state index contributed by atoms with van der Waals surface area (Å²) in [5, 5.41) is 23.8. The minimum atomic E-state index is -0.314. The van der Waals surface area contributed by atoms with E-state index in [1.165, 1.54) is 0 Å². The zero-order valence-electron chi connectivity index (χ0n) is 12.6. The Morgan fingerprint density at radius 2 is 1.30 bits per heavy atom. The van der Waals surface area contributed by atoms with Gasteiger partial charge in [0.05, 0.1) is 6.04 Å². The van der Waals surface area contributed by atoms with Crippen LogP contribution in [0.5, 0.6) is 11.5 Å². The second kappa shape index (κ2) is 6.94. The van der Waals surface area contributed by atoms with Gasteiger partial charge in [-0.15, -0.1) is 0 Å². The fourth-order valence-electron chi connectivity index (χ4n) is 2.57. The maximum atomic E-state index is 10.2. The minimum Gasteiger partial charge on any atom is -0.508 e. The first kappa shape index (κ1) is 15.1. The number of benzene rings is 2. The van der Waals surface area contributed by atoms with Gasteiger partial charge in [0.25, 0.3) is 0 Å². The van der Waals surface area contributed by atoms with E-state index in [1.54, 1.807) is 36.7 Å². The number of hydrogen-bond donors (Lipinski definition) is 3. The molecule has 3 aromatic rings. The fourth-order valence-corrected chi connectivity index (χ4v) is 2.57. The van der Waals surface area contributed by atoms with Crippen LogP contribution in [0, 0.1) is 0 Å². The molecule has 0 spiro atoms. The van der Waals surface area contributed by atoms with Crippen molar-refractivity contribution in [2.75, 3.05) is 0 Å². The van der Waals surface area contributed by atoms with Gasteiger partial charge in [-0.1, -0.05) is 36.4 Å². The SMILES string of the molecule is Oc1ccccc1C(NCc1ccncc1)c1ccccc1O. The van der Waals surface area contributed by atoms with Crippen LogP contribution < -0.4 is 5.32 Å². The highest BCUT2D eigenvalue weighted by Gasteiger charge is 2.19. The Morgan fingerprint density at radius 3 is 1.83 bits per heavy atom. The predicted octanol–water partition coefficient (Wildman–Crippen LogP) is 3.37. The molecule has 2 aromatic carbocycles. The van der Waals surface area contributed by atoms with Crippen molar-refractivity contribution in [2.45, 2.75) is 12.6 Å².